The van der Waals surface area contributed by atoms with Crippen LogP contribution in [0.3, 0.4) is 0 Å². The Kier molecular flexibility index (Phi) is 10.7. The third kappa shape index (κ3) is 7.31. The number of aliphatic imine (C=N–C) groups is 2. The van der Waals surface area contributed by atoms with Gasteiger partial charge in [-0.15, -0.1) is 0 Å². The molecule has 0 amide bonds. The zero-order valence-electron chi connectivity index (χ0n) is 18.3. The Morgan fingerprint density at radius 2 is 1.22 bits per heavy atom. The number of hydrogen-bond donors (Lipinski definition) is 0. The summed E-state index contributed by atoms with van der Waals surface area (Å²) in [6.45, 7) is 9.98. The number of halogens is 4. The Balaban J connectivity index is 0.00000114. The molecular weight excluding hydrogens is 528 g/mol. The molecule has 0 aliphatic heterocycles. The van der Waals surface area contributed by atoms with E-state index in [1.165, 1.54) is 0 Å². The summed E-state index contributed by atoms with van der Waals surface area (Å²) in [6.07, 6.45) is 0. The second-order valence-electron chi connectivity index (χ2n) is 7.15. The van der Waals surface area contributed by atoms with Crippen molar-refractivity contribution >= 4 is 66.2 Å². The van der Waals surface area contributed by atoms with Crippen LogP contribution in [0.25, 0.3) is 0 Å². The van der Waals surface area contributed by atoms with Crippen LogP contribution in [-0.2, 0) is 13.1 Å². The van der Waals surface area contributed by atoms with Gasteiger partial charge in [0.2, 0.25) is 0 Å². The number of pyridine rings is 1. The van der Waals surface area contributed by atoms with Crippen LogP contribution in [0.5, 0.6) is 0 Å². The van der Waals surface area contributed by atoms with E-state index in [4.69, 9.17) is 58.4 Å². The van der Waals surface area contributed by atoms with Gasteiger partial charge in [0.15, 0.2) is 0 Å². The van der Waals surface area contributed by atoms with E-state index in [0.29, 0.717) is 15.7 Å². The van der Waals surface area contributed by atoms with E-state index in [1.54, 1.807) is 6.07 Å². The molecule has 1 heterocycles. The summed E-state index contributed by atoms with van der Waals surface area (Å²) in [5.74, 6) is 0. The van der Waals surface area contributed by atoms with Crippen molar-refractivity contribution in [1.29, 1.82) is 0 Å². The van der Waals surface area contributed by atoms with Crippen molar-refractivity contribution < 1.29 is 13.1 Å². The van der Waals surface area contributed by atoms with Crippen LogP contribution in [0, 0.1) is 20.8 Å². The van der Waals surface area contributed by atoms with Gasteiger partial charge in [0.05, 0.1) is 39.2 Å². The van der Waals surface area contributed by atoms with E-state index in [0.717, 1.165) is 45.2 Å². The van der Waals surface area contributed by atoms with Gasteiger partial charge in [0, 0.05) is 5.02 Å². The topological polar surface area (TPSA) is 37.6 Å². The molecule has 0 aliphatic carbocycles. The van der Waals surface area contributed by atoms with E-state index in [9.17, 15) is 0 Å². The zero-order valence-corrected chi connectivity index (χ0v) is 22.5. The molecule has 170 valence electrons. The quantitative estimate of drug-likeness (QED) is 0.236. The van der Waals surface area contributed by atoms with Crippen molar-refractivity contribution in [3.05, 3.63) is 86.7 Å². The summed E-state index contributed by atoms with van der Waals surface area (Å²) in [4.78, 5) is 14.3. The van der Waals surface area contributed by atoms with E-state index in [1.807, 2.05) is 51.1 Å². The second kappa shape index (κ2) is 12.7. The molecule has 0 unspecified atom stereocenters. The molecule has 0 N–H and O–H groups in total. The predicted octanol–water partition coefficient (Wildman–Crippen LogP) is 8.97. The minimum atomic E-state index is 0.194. The third-order valence-corrected chi connectivity index (χ3v) is 5.21. The van der Waals surface area contributed by atoms with E-state index < -0.39 is 0 Å². The number of para-hydroxylation sites is 1. The number of aromatic nitrogens is 1. The van der Waals surface area contributed by atoms with Crippen molar-refractivity contribution in [3.63, 3.8) is 0 Å². The average Bonchev–Trinajstić information content (AvgIpc) is 2.74. The molecule has 0 spiro atoms. The fraction of sp³-hybridized carbons (Fsp3) is 0.208. The van der Waals surface area contributed by atoms with Crippen molar-refractivity contribution in [1.82, 2.24) is 4.98 Å². The number of nitrogens with zero attached hydrogens (tertiary/aromatic N) is 3. The van der Waals surface area contributed by atoms with Crippen LogP contribution in [0.15, 0.2) is 58.5 Å². The molecule has 8 heteroatoms. The first-order valence-electron chi connectivity index (χ1n) is 9.63. The predicted molar refractivity (Wildman–Crippen MR) is 137 cm³/mol. The summed E-state index contributed by atoms with van der Waals surface area (Å²) in [7, 11) is 9.53. The van der Waals surface area contributed by atoms with Crippen molar-refractivity contribution in [2.24, 2.45) is 9.98 Å². The van der Waals surface area contributed by atoms with Gasteiger partial charge in [-0.25, -0.2) is 9.98 Å². The fourth-order valence-corrected chi connectivity index (χ4v) is 3.74. The van der Waals surface area contributed by atoms with Crippen LogP contribution >= 0.6 is 43.4 Å². The Hall–Kier alpha value is -1.39. The van der Waals surface area contributed by atoms with Gasteiger partial charge in [-0.1, -0.05) is 47.5 Å². The number of benzene rings is 2. The van der Waals surface area contributed by atoms with Crippen molar-refractivity contribution in [2.75, 3.05) is 0 Å². The Morgan fingerprint density at radius 1 is 0.750 bits per heavy atom. The van der Waals surface area contributed by atoms with Gasteiger partial charge in [-0.05, 0) is 75.6 Å². The van der Waals surface area contributed by atoms with Crippen LogP contribution in [-0.4, -0.2) is 16.4 Å². The molecule has 0 atom stereocenters. The first kappa shape index (κ1) is 26.9. The summed E-state index contributed by atoms with van der Waals surface area (Å²) in [5.41, 5.74) is 8.15. The van der Waals surface area contributed by atoms with Gasteiger partial charge >= 0.3 is 33.3 Å². The standard InChI is InChI=1S/C24H23Cl2N3.2ClH.Fe/c1-14-8-6-9-15(2)23(14)27-17(4)21-10-7-11-22(29-21)18(5)28-24-16(3)12-19(25)13-20(24)26;;;/h6-13H,1-5H3;2*1H;/q;;;+2/p-2. The molecule has 3 aromatic rings. The van der Waals surface area contributed by atoms with Gasteiger partial charge in [0.25, 0.3) is 0 Å². The van der Waals surface area contributed by atoms with E-state index in [-0.39, 0.29) is 13.1 Å². The van der Waals surface area contributed by atoms with Crippen molar-refractivity contribution in [3.8, 4) is 0 Å². The molecule has 0 fully saturated rings. The number of aryl methyl sites for hydroxylation is 3. The Bertz CT molecular complexity index is 1120. The first-order valence-corrected chi connectivity index (χ1v) is 13.4. The fourth-order valence-electron chi connectivity index (χ4n) is 3.11. The summed E-state index contributed by atoms with van der Waals surface area (Å²) in [6, 6.07) is 15.6. The molecule has 32 heavy (non-hydrogen) atoms. The van der Waals surface area contributed by atoms with E-state index in [2.05, 4.69) is 26.0 Å². The third-order valence-electron chi connectivity index (χ3n) is 4.71. The average molecular weight is 551 g/mol. The number of hydrogen-bond acceptors (Lipinski definition) is 3. The van der Waals surface area contributed by atoms with Gasteiger partial charge in [-0.3, -0.25) is 4.99 Å². The molecular formula is C24H23Cl4FeN3. The molecule has 3 nitrogen and oxygen atoms in total. The molecule has 0 radical (unpaired) electrons. The van der Waals surface area contributed by atoms with E-state index >= 15 is 0 Å². The van der Waals surface area contributed by atoms with Gasteiger partial charge < -0.3 is 0 Å². The normalized spacial score (nSPS) is 11.9. The maximum atomic E-state index is 6.34. The first-order chi connectivity index (χ1) is 15.2. The van der Waals surface area contributed by atoms with Crippen molar-refractivity contribution in [2.45, 2.75) is 34.6 Å². The molecule has 0 bridgehead atoms. The van der Waals surface area contributed by atoms with Crippen LogP contribution in [0.4, 0.5) is 11.4 Å². The minimum absolute atomic E-state index is 0.194. The zero-order chi connectivity index (χ0) is 23.8. The second-order valence-corrected chi connectivity index (χ2v) is 9.81. The van der Waals surface area contributed by atoms with Crippen LogP contribution in [0.2, 0.25) is 10.0 Å². The Labute approximate surface area is 214 Å². The van der Waals surface area contributed by atoms with Gasteiger partial charge in [-0.2, -0.15) is 0 Å². The molecule has 0 aliphatic rings. The molecule has 1 aromatic heterocycles. The van der Waals surface area contributed by atoms with Crippen LogP contribution < -0.4 is 0 Å². The molecule has 0 saturated heterocycles. The van der Waals surface area contributed by atoms with Gasteiger partial charge in [0.1, 0.15) is 0 Å². The monoisotopic (exact) mass is 549 g/mol. The summed E-state index contributed by atoms with van der Waals surface area (Å²) >= 11 is 12.6. The van der Waals surface area contributed by atoms with Crippen LogP contribution in [0.1, 0.15) is 41.9 Å². The SMILES string of the molecule is CC(=Nc1c(C)cccc1C)c1cccc(C(C)=Nc2c(C)cc(Cl)cc2Cl)n1.[Cl][Fe][Cl]. The maximum absolute atomic E-state index is 6.34. The summed E-state index contributed by atoms with van der Waals surface area (Å²) in [5, 5.41) is 1.13. The number of rotatable bonds is 4. The molecule has 0 saturated carbocycles. The Morgan fingerprint density at radius 3 is 1.72 bits per heavy atom. The molecule has 3 rings (SSSR count). The molecule has 2 aromatic carbocycles. The summed E-state index contributed by atoms with van der Waals surface area (Å²) < 4.78 is 0.